The van der Waals surface area contributed by atoms with Crippen LogP contribution in [0.4, 0.5) is 0 Å². The van der Waals surface area contributed by atoms with Gasteiger partial charge in [0.05, 0.1) is 0 Å². The maximum absolute atomic E-state index is 8.70. The summed E-state index contributed by atoms with van der Waals surface area (Å²) in [6.07, 6.45) is 0. The van der Waals surface area contributed by atoms with Crippen LogP contribution in [0.25, 0.3) is 0 Å². The summed E-state index contributed by atoms with van der Waals surface area (Å²) in [4.78, 5) is 0. The largest absolute Gasteiger partial charge is 0.508 e. The molecule has 0 aromatic heterocycles. The van der Waals surface area contributed by atoms with Crippen molar-refractivity contribution in [2.75, 3.05) is 0 Å². The molecule has 0 saturated heterocycles. The smallest absolute Gasteiger partial charge is 0.115 e. The normalized spacial score (nSPS) is 8.59. The SMILES string of the molecule is Oc1ccc(Cl)cc1.Oc1ccc(Cl)cc1.[Cr]. The average Bonchev–Trinajstić information content (AvgIpc) is 2.28. The van der Waals surface area contributed by atoms with E-state index in [1.54, 1.807) is 48.5 Å². The molecule has 5 heteroatoms. The fourth-order valence-electron chi connectivity index (χ4n) is 0.882. The van der Waals surface area contributed by atoms with Crippen molar-refractivity contribution in [1.82, 2.24) is 0 Å². The molecule has 0 amide bonds. The third-order valence-electron chi connectivity index (χ3n) is 1.65. The standard InChI is InChI=1S/2C6H5ClO.Cr/c2*7-5-1-3-6(8)4-2-5;/h2*1-4,8H;. The van der Waals surface area contributed by atoms with E-state index in [-0.39, 0.29) is 28.9 Å². The number of phenolic OH excluding ortho intramolecular Hbond substituents is 2. The maximum Gasteiger partial charge on any atom is 0.115 e. The van der Waals surface area contributed by atoms with Crippen molar-refractivity contribution >= 4 is 23.2 Å². The minimum atomic E-state index is 0. The summed E-state index contributed by atoms with van der Waals surface area (Å²) in [5, 5.41) is 18.7. The molecule has 0 aliphatic carbocycles. The Kier molecular flexibility index (Phi) is 7.86. The number of aromatic hydroxyl groups is 2. The number of phenols is 2. The molecule has 2 rings (SSSR count). The van der Waals surface area contributed by atoms with Crippen LogP contribution in [0.3, 0.4) is 0 Å². The van der Waals surface area contributed by atoms with Crippen LogP contribution in [-0.2, 0) is 17.4 Å². The van der Waals surface area contributed by atoms with E-state index in [0.717, 1.165) is 0 Å². The van der Waals surface area contributed by atoms with E-state index < -0.39 is 0 Å². The number of halogens is 2. The van der Waals surface area contributed by atoms with Gasteiger partial charge in [0.15, 0.2) is 0 Å². The van der Waals surface area contributed by atoms with Gasteiger partial charge in [0.1, 0.15) is 11.5 Å². The molecule has 2 aromatic rings. The van der Waals surface area contributed by atoms with Crippen LogP contribution in [-0.4, -0.2) is 10.2 Å². The predicted octanol–water partition coefficient (Wildman–Crippen LogP) is 4.09. The predicted molar refractivity (Wildman–Crippen MR) is 66.2 cm³/mol. The van der Waals surface area contributed by atoms with Gasteiger partial charge in [-0.25, -0.2) is 0 Å². The molecule has 0 atom stereocenters. The quantitative estimate of drug-likeness (QED) is 0.769. The van der Waals surface area contributed by atoms with E-state index >= 15 is 0 Å². The van der Waals surface area contributed by atoms with E-state index in [1.165, 1.54) is 0 Å². The van der Waals surface area contributed by atoms with Crippen molar-refractivity contribution in [3.05, 3.63) is 58.6 Å². The Morgan fingerprint density at radius 1 is 0.588 bits per heavy atom. The molecule has 0 fully saturated rings. The molecular weight excluding hydrogens is 299 g/mol. The van der Waals surface area contributed by atoms with Gasteiger partial charge in [0.25, 0.3) is 0 Å². The van der Waals surface area contributed by atoms with Gasteiger partial charge in [-0.2, -0.15) is 0 Å². The number of rotatable bonds is 0. The summed E-state index contributed by atoms with van der Waals surface area (Å²) in [6, 6.07) is 12.7. The Bertz CT molecular complexity index is 344. The molecule has 0 unspecified atom stereocenters. The van der Waals surface area contributed by atoms with Crippen molar-refractivity contribution in [1.29, 1.82) is 0 Å². The Balaban J connectivity index is 0.000000284. The molecule has 0 aliphatic rings. The summed E-state index contributed by atoms with van der Waals surface area (Å²) >= 11 is 11.0. The first-order valence-corrected chi connectivity index (χ1v) is 5.22. The Morgan fingerprint density at radius 2 is 0.824 bits per heavy atom. The van der Waals surface area contributed by atoms with E-state index in [0.29, 0.717) is 10.0 Å². The molecule has 0 spiro atoms. The van der Waals surface area contributed by atoms with Gasteiger partial charge < -0.3 is 10.2 Å². The summed E-state index contributed by atoms with van der Waals surface area (Å²) in [5.41, 5.74) is 0. The Hall–Kier alpha value is -0.848. The van der Waals surface area contributed by atoms with Crippen LogP contribution in [0.1, 0.15) is 0 Å². The molecule has 2 N–H and O–H groups in total. The van der Waals surface area contributed by atoms with Gasteiger partial charge in [-0.15, -0.1) is 0 Å². The first-order valence-electron chi connectivity index (χ1n) is 4.47. The van der Waals surface area contributed by atoms with Crippen molar-refractivity contribution in [3.63, 3.8) is 0 Å². The van der Waals surface area contributed by atoms with Crippen LogP contribution in [0.15, 0.2) is 48.5 Å². The Labute approximate surface area is 121 Å². The molecule has 2 aromatic carbocycles. The van der Waals surface area contributed by atoms with Crippen molar-refractivity contribution in [2.45, 2.75) is 0 Å². The molecular formula is C12H10Cl2CrO2. The monoisotopic (exact) mass is 308 g/mol. The van der Waals surface area contributed by atoms with E-state index in [4.69, 9.17) is 33.4 Å². The van der Waals surface area contributed by atoms with Gasteiger partial charge in [0.2, 0.25) is 0 Å². The van der Waals surface area contributed by atoms with Crippen LogP contribution in [0.5, 0.6) is 11.5 Å². The molecule has 0 aliphatic heterocycles. The van der Waals surface area contributed by atoms with Crippen LogP contribution < -0.4 is 0 Å². The zero-order valence-electron chi connectivity index (χ0n) is 8.68. The third-order valence-corrected chi connectivity index (χ3v) is 2.16. The maximum atomic E-state index is 8.70. The molecule has 0 bridgehead atoms. The molecule has 17 heavy (non-hydrogen) atoms. The van der Waals surface area contributed by atoms with Crippen molar-refractivity contribution < 1.29 is 27.6 Å². The summed E-state index contributed by atoms with van der Waals surface area (Å²) in [7, 11) is 0. The van der Waals surface area contributed by atoms with Gasteiger partial charge in [-0.3, -0.25) is 0 Å². The van der Waals surface area contributed by atoms with Crippen LogP contribution in [0, 0.1) is 0 Å². The summed E-state index contributed by atoms with van der Waals surface area (Å²) in [5.74, 6) is 0.490. The van der Waals surface area contributed by atoms with Gasteiger partial charge in [-0.1, -0.05) is 23.2 Å². The molecule has 2 nitrogen and oxygen atoms in total. The Morgan fingerprint density at radius 3 is 1.00 bits per heavy atom. The van der Waals surface area contributed by atoms with E-state index in [2.05, 4.69) is 0 Å². The summed E-state index contributed by atoms with van der Waals surface area (Å²) in [6.45, 7) is 0. The summed E-state index contributed by atoms with van der Waals surface area (Å²) < 4.78 is 0. The minimum absolute atomic E-state index is 0. The second-order valence-electron chi connectivity index (χ2n) is 2.95. The van der Waals surface area contributed by atoms with Crippen molar-refractivity contribution in [2.24, 2.45) is 0 Å². The van der Waals surface area contributed by atoms with Gasteiger partial charge in [-0.05, 0) is 48.5 Å². The minimum Gasteiger partial charge on any atom is -0.508 e. The van der Waals surface area contributed by atoms with Gasteiger partial charge in [0, 0.05) is 27.4 Å². The number of hydrogen-bond acceptors (Lipinski definition) is 2. The number of benzene rings is 2. The molecule has 0 radical (unpaired) electrons. The average molecular weight is 309 g/mol. The van der Waals surface area contributed by atoms with Gasteiger partial charge >= 0.3 is 0 Å². The van der Waals surface area contributed by atoms with Crippen LogP contribution >= 0.6 is 23.2 Å². The fraction of sp³-hybridized carbons (Fsp3) is 0. The zero-order chi connectivity index (χ0) is 12.0. The fourth-order valence-corrected chi connectivity index (χ4v) is 1.13. The second kappa shape index (κ2) is 8.27. The van der Waals surface area contributed by atoms with E-state index in [9.17, 15) is 0 Å². The molecule has 90 valence electrons. The first-order chi connectivity index (χ1) is 7.58. The van der Waals surface area contributed by atoms with E-state index in [1.807, 2.05) is 0 Å². The third kappa shape index (κ3) is 7.15. The topological polar surface area (TPSA) is 40.5 Å². The molecule has 0 saturated carbocycles. The number of hydrogen-bond donors (Lipinski definition) is 2. The second-order valence-corrected chi connectivity index (χ2v) is 3.83. The van der Waals surface area contributed by atoms with Crippen LogP contribution in [0.2, 0.25) is 10.0 Å². The zero-order valence-corrected chi connectivity index (χ0v) is 11.5. The van der Waals surface area contributed by atoms with Crippen molar-refractivity contribution in [3.8, 4) is 11.5 Å². The molecule has 0 heterocycles. The first kappa shape index (κ1) is 16.2.